The molecule has 1 saturated heterocycles. The molecule has 0 aliphatic carbocycles. The van der Waals surface area contributed by atoms with Crippen molar-refractivity contribution in [2.24, 2.45) is 4.99 Å². The summed E-state index contributed by atoms with van der Waals surface area (Å²) < 4.78 is 28.3. The minimum absolute atomic E-state index is 0. The van der Waals surface area contributed by atoms with Gasteiger partial charge < -0.3 is 10.6 Å². The topological polar surface area (TPSA) is 104 Å². The first-order valence-corrected chi connectivity index (χ1v) is 11.7. The number of pyridine rings is 1. The van der Waals surface area contributed by atoms with Gasteiger partial charge in [-0.3, -0.25) is 4.40 Å². The Hall–Kier alpha value is -1.12. The summed E-state index contributed by atoms with van der Waals surface area (Å²) in [6.07, 6.45) is 1.89. The van der Waals surface area contributed by atoms with Crippen LogP contribution in [0.1, 0.15) is 12.7 Å². The SMILES string of the molecule is CCNC(=NCc1nnc2ccccn12)NCCS(=O)(=O)N1CCSCC1.I. The maximum absolute atomic E-state index is 12.4. The molecule has 1 fully saturated rings. The zero-order valence-electron chi connectivity index (χ0n) is 15.7. The van der Waals surface area contributed by atoms with E-state index in [4.69, 9.17) is 0 Å². The van der Waals surface area contributed by atoms with Crippen LogP contribution in [0.2, 0.25) is 0 Å². The molecular formula is C16H26IN7O2S2. The number of guanidine groups is 1. The molecular weight excluding hydrogens is 513 g/mol. The summed E-state index contributed by atoms with van der Waals surface area (Å²) in [5.74, 6) is 3.07. The van der Waals surface area contributed by atoms with Crippen LogP contribution in [0.5, 0.6) is 0 Å². The third kappa shape index (κ3) is 6.19. The molecule has 28 heavy (non-hydrogen) atoms. The standard InChI is InChI=1S/C16H25N7O2S2.HI/c1-2-17-16(18-6-12-27(24,25)22-8-10-26-11-9-22)19-13-15-21-20-14-5-3-4-7-23(14)15;/h3-5,7H,2,6,8-13H2,1H3,(H2,17,18,19);1H. The molecule has 1 aliphatic heterocycles. The quantitative estimate of drug-likeness (QED) is 0.305. The molecule has 2 aromatic rings. The van der Waals surface area contributed by atoms with Crippen LogP contribution < -0.4 is 10.6 Å². The second kappa shape index (κ2) is 11.2. The van der Waals surface area contributed by atoms with Gasteiger partial charge in [0, 0.05) is 43.9 Å². The van der Waals surface area contributed by atoms with Crippen molar-refractivity contribution in [1.82, 2.24) is 29.5 Å². The maximum Gasteiger partial charge on any atom is 0.215 e. The fourth-order valence-corrected chi connectivity index (χ4v) is 5.23. The lowest BCUT2D eigenvalue weighted by molar-refractivity contribution is 0.443. The third-order valence-electron chi connectivity index (χ3n) is 4.12. The fraction of sp³-hybridized carbons (Fsp3) is 0.562. The van der Waals surface area contributed by atoms with Crippen molar-refractivity contribution in [2.45, 2.75) is 13.5 Å². The van der Waals surface area contributed by atoms with Crippen LogP contribution in [-0.4, -0.2) is 76.7 Å². The van der Waals surface area contributed by atoms with Crippen LogP contribution in [0, 0.1) is 0 Å². The van der Waals surface area contributed by atoms with Gasteiger partial charge in [-0.25, -0.2) is 17.7 Å². The van der Waals surface area contributed by atoms with Gasteiger partial charge in [0.05, 0.1) is 5.75 Å². The molecule has 0 saturated carbocycles. The van der Waals surface area contributed by atoms with E-state index in [1.807, 2.05) is 35.7 Å². The van der Waals surface area contributed by atoms with E-state index in [2.05, 4.69) is 25.8 Å². The highest BCUT2D eigenvalue weighted by Crippen LogP contribution is 2.13. The average Bonchev–Trinajstić information content (AvgIpc) is 3.10. The highest BCUT2D eigenvalue weighted by atomic mass is 127. The van der Waals surface area contributed by atoms with E-state index >= 15 is 0 Å². The molecule has 0 unspecified atom stereocenters. The summed E-state index contributed by atoms with van der Waals surface area (Å²) in [4.78, 5) is 4.50. The predicted molar refractivity (Wildman–Crippen MR) is 124 cm³/mol. The van der Waals surface area contributed by atoms with Crippen LogP contribution in [-0.2, 0) is 16.6 Å². The third-order valence-corrected chi connectivity index (χ3v) is 6.94. The van der Waals surface area contributed by atoms with E-state index in [0.29, 0.717) is 38.7 Å². The number of sulfonamides is 1. The first-order valence-electron chi connectivity index (χ1n) is 8.96. The number of aliphatic imine (C=N–C) groups is 1. The lowest BCUT2D eigenvalue weighted by Crippen LogP contribution is -2.44. The maximum atomic E-state index is 12.4. The Labute approximate surface area is 186 Å². The summed E-state index contributed by atoms with van der Waals surface area (Å²) in [6, 6.07) is 5.70. The van der Waals surface area contributed by atoms with Crippen LogP contribution in [0.15, 0.2) is 29.4 Å². The highest BCUT2D eigenvalue weighted by Gasteiger charge is 2.23. The first-order chi connectivity index (χ1) is 13.1. The Kier molecular flexibility index (Phi) is 9.24. The van der Waals surface area contributed by atoms with Gasteiger partial charge in [-0.15, -0.1) is 34.2 Å². The summed E-state index contributed by atoms with van der Waals surface area (Å²) in [7, 11) is -3.23. The molecule has 0 aromatic carbocycles. The molecule has 1 aliphatic rings. The zero-order valence-corrected chi connectivity index (χ0v) is 19.7. The lowest BCUT2D eigenvalue weighted by atomic mass is 10.4. The second-order valence-electron chi connectivity index (χ2n) is 5.99. The Morgan fingerprint density at radius 1 is 1.25 bits per heavy atom. The van der Waals surface area contributed by atoms with Crippen molar-refractivity contribution in [3.05, 3.63) is 30.2 Å². The van der Waals surface area contributed by atoms with Crippen LogP contribution in [0.3, 0.4) is 0 Å². The molecule has 0 radical (unpaired) electrons. The van der Waals surface area contributed by atoms with Gasteiger partial charge in [0.1, 0.15) is 6.54 Å². The normalized spacial score (nSPS) is 16.0. The molecule has 3 rings (SSSR count). The van der Waals surface area contributed by atoms with E-state index in [0.717, 1.165) is 23.0 Å². The number of nitrogens with zero attached hydrogens (tertiary/aromatic N) is 5. The van der Waals surface area contributed by atoms with Crippen LogP contribution in [0.4, 0.5) is 0 Å². The lowest BCUT2D eigenvalue weighted by Gasteiger charge is -2.25. The van der Waals surface area contributed by atoms with Gasteiger partial charge in [-0.05, 0) is 19.1 Å². The van der Waals surface area contributed by atoms with Gasteiger partial charge in [-0.1, -0.05) is 6.07 Å². The Morgan fingerprint density at radius 2 is 2.04 bits per heavy atom. The monoisotopic (exact) mass is 539 g/mol. The Balaban J connectivity index is 0.00000280. The Morgan fingerprint density at radius 3 is 2.79 bits per heavy atom. The Bertz CT molecular complexity index is 882. The van der Waals surface area contributed by atoms with E-state index in [-0.39, 0.29) is 29.7 Å². The molecule has 2 N–H and O–H groups in total. The summed E-state index contributed by atoms with van der Waals surface area (Å²) >= 11 is 1.79. The number of nitrogens with one attached hydrogen (secondary N) is 2. The van der Waals surface area contributed by atoms with Gasteiger partial charge in [0.15, 0.2) is 17.4 Å². The number of fused-ring (bicyclic) bond motifs is 1. The fourth-order valence-electron chi connectivity index (χ4n) is 2.74. The van der Waals surface area contributed by atoms with Crippen molar-refractivity contribution in [3.63, 3.8) is 0 Å². The minimum Gasteiger partial charge on any atom is -0.357 e. The summed E-state index contributed by atoms with van der Waals surface area (Å²) in [6.45, 7) is 4.49. The number of rotatable bonds is 7. The van der Waals surface area contributed by atoms with Gasteiger partial charge in [0.25, 0.3) is 0 Å². The summed E-state index contributed by atoms with van der Waals surface area (Å²) in [5.41, 5.74) is 0.770. The van der Waals surface area contributed by atoms with E-state index in [9.17, 15) is 8.42 Å². The van der Waals surface area contributed by atoms with Crippen molar-refractivity contribution >= 4 is 57.4 Å². The van der Waals surface area contributed by atoms with Gasteiger partial charge in [0.2, 0.25) is 10.0 Å². The van der Waals surface area contributed by atoms with E-state index in [1.165, 1.54) is 0 Å². The van der Waals surface area contributed by atoms with Crippen LogP contribution >= 0.6 is 35.7 Å². The number of thioether (sulfide) groups is 1. The number of halogens is 1. The molecule has 0 amide bonds. The smallest absolute Gasteiger partial charge is 0.215 e. The molecule has 156 valence electrons. The zero-order chi connectivity index (χ0) is 19.1. The van der Waals surface area contributed by atoms with Crippen LogP contribution in [0.25, 0.3) is 5.65 Å². The predicted octanol–water partition coefficient (Wildman–Crippen LogP) is 0.781. The molecule has 9 nitrogen and oxygen atoms in total. The first kappa shape index (κ1) is 23.2. The largest absolute Gasteiger partial charge is 0.357 e. The number of aromatic nitrogens is 3. The van der Waals surface area contributed by atoms with Crippen molar-refractivity contribution in [2.75, 3.05) is 43.4 Å². The molecule has 0 atom stereocenters. The van der Waals surface area contributed by atoms with Crippen molar-refractivity contribution < 1.29 is 8.42 Å². The second-order valence-corrected chi connectivity index (χ2v) is 9.31. The van der Waals surface area contributed by atoms with Crippen molar-refractivity contribution in [1.29, 1.82) is 0 Å². The molecule has 0 bridgehead atoms. The molecule has 12 heteroatoms. The van der Waals surface area contributed by atoms with E-state index < -0.39 is 10.0 Å². The highest BCUT2D eigenvalue weighted by molar-refractivity contribution is 14.0. The number of hydrogen-bond acceptors (Lipinski definition) is 6. The molecule has 3 heterocycles. The average molecular weight is 539 g/mol. The van der Waals surface area contributed by atoms with Crippen molar-refractivity contribution in [3.8, 4) is 0 Å². The molecule has 0 spiro atoms. The number of hydrogen-bond donors (Lipinski definition) is 2. The van der Waals surface area contributed by atoms with E-state index in [1.54, 1.807) is 16.1 Å². The minimum atomic E-state index is -3.23. The molecule has 2 aromatic heterocycles. The summed E-state index contributed by atoms with van der Waals surface area (Å²) in [5, 5.41) is 14.5. The van der Waals surface area contributed by atoms with Gasteiger partial charge >= 0.3 is 0 Å². The van der Waals surface area contributed by atoms with Gasteiger partial charge in [-0.2, -0.15) is 11.8 Å².